The number of benzene rings is 2. The van der Waals surface area contributed by atoms with Crippen molar-refractivity contribution in [3.63, 3.8) is 0 Å². The number of hydrogen-bond acceptors (Lipinski definition) is 2. The first-order valence-electron chi connectivity index (χ1n) is 7.12. The zero-order chi connectivity index (χ0) is 15.5. The van der Waals surface area contributed by atoms with Gasteiger partial charge in [-0.2, -0.15) is 0 Å². The number of aryl methyl sites for hydroxylation is 1. The lowest BCUT2D eigenvalue weighted by Gasteiger charge is -2.06. The minimum atomic E-state index is -0.0629. The van der Waals surface area contributed by atoms with E-state index in [-0.39, 0.29) is 5.91 Å². The smallest absolute Gasteiger partial charge is 0.255 e. The summed E-state index contributed by atoms with van der Waals surface area (Å²) < 4.78 is 6.94. The molecule has 0 aliphatic rings. The molecule has 0 atom stereocenters. The molecule has 110 valence electrons. The van der Waals surface area contributed by atoms with Crippen LogP contribution in [0.25, 0.3) is 17.0 Å². The number of rotatable bonds is 3. The van der Waals surface area contributed by atoms with E-state index in [1.54, 1.807) is 23.9 Å². The molecule has 0 unspecified atom stereocenters. The first-order chi connectivity index (χ1) is 10.7. The highest BCUT2D eigenvalue weighted by Crippen LogP contribution is 2.26. The van der Waals surface area contributed by atoms with E-state index in [9.17, 15) is 4.79 Å². The SMILES string of the molecule is COc1cc(C)c2c(ccn2C(=O)/C=C/c2ccccc2)c1. The van der Waals surface area contributed by atoms with Gasteiger partial charge in [-0.1, -0.05) is 30.3 Å². The molecule has 0 saturated heterocycles. The van der Waals surface area contributed by atoms with Gasteiger partial charge in [0.25, 0.3) is 5.91 Å². The number of ether oxygens (including phenoxy) is 1. The Labute approximate surface area is 129 Å². The molecule has 3 rings (SSSR count). The van der Waals surface area contributed by atoms with Crippen LogP contribution in [0.15, 0.2) is 60.8 Å². The number of aromatic nitrogens is 1. The lowest BCUT2D eigenvalue weighted by molar-refractivity contribution is 0.0974. The number of carbonyl (C=O) groups excluding carboxylic acids is 1. The second-order valence-corrected chi connectivity index (χ2v) is 5.15. The van der Waals surface area contributed by atoms with Crippen molar-refractivity contribution in [1.29, 1.82) is 0 Å². The number of allylic oxidation sites excluding steroid dienone is 1. The molecule has 0 aliphatic heterocycles. The number of fused-ring (bicyclic) bond motifs is 1. The Balaban J connectivity index is 1.96. The molecular weight excluding hydrogens is 274 g/mol. The Morgan fingerprint density at radius 1 is 1.14 bits per heavy atom. The maximum Gasteiger partial charge on any atom is 0.255 e. The number of nitrogens with zero attached hydrogens (tertiary/aromatic N) is 1. The summed E-state index contributed by atoms with van der Waals surface area (Å²) in [6.07, 6.45) is 5.22. The fraction of sp³-hybridized carbons (Fsp3) is 0.105. The van der Waals surface area contributed by atoms with Crippen LogP contribution in [0.1, 0.15) is 15.9 Å². The van der Waals surface area contributed by atoms with Crippen LogP contribution in [0.5, 0.6) is 5.75 Å². The van der Waals surface area contributed by atoms with Gasteiger partial charge in [-0.15, -0.1) is 0 Å². The van der Waals surface area contributed by atoms with Crippen molar-refractivity contribution in [3.8, 4) is 5.75 Å². The maximum atomic E-state index is 12.4. The molecule has 0 radical (unpaired) electrons. The van der Waals surface area contributed by atoms with Gasteiger partial charge < -0.3 is 4.74 Å². The molecule has 3 aromatic rings. The second-order valence-electron chi connectivity index (χ2n) is 5.15. The normalized spacial score (nSPS) is 11.2. The summed E-state index contributed by atoms with van der Waals surface area (Å²) in [6.45, 7) is 1.98. The molecule has 0 spiro atoms. The first kappa shape index (κ1) is 14.1. The summed E-state index contributed by atoms with van der Waals surface area (Å²) in [5.74, 6) is 0.738. The van der Waals surface area contributed by atoms with E-state index in [0.717, 1.165) is 27.8 Å². The predicted octanol–water partition coefficient (Wildman–Crippen LogP) is 4.31. The topological polar surface area (TPSA) is 31.2 Å². The summed E-state index contributed by atoms with van der Waals surface area (Å²) in [5.41, 5.74) is 2.94. The Kier molecular flexibility index (Phi) is 3.79. The molecule has 0 saturated carbocycles. The molecule has 22 heavy (non-hydrogen) atoms. The third kappa shape index (κ3) is 2.66. The fourth-order valence-corrected chi connectivity index (χ4v) is 2.57. The average Bonchev–Trinajstić information content (AvgIpc) is 2.98. The van der Waals surface area contributed by atoms with Crippen LogP contribution in [0.3, 0.4) is 0 Å². The molecular formula is C19H17NO2. The van der Waals surface area contributed by atoms with E-state index in [4.69, 9.17) is 4.74 Å². The van der Waals surface area contributed by atoms with E-state index in [1.807, 2.05) is 61.5 Å². The average molecular weight is 291 g/mol. The van der Waals surface area contributed by atoms with E-state index in [1.165, 1.54) is 0 Å². The highest BCUT2D eigenvalue weighted by Gasteiger charge is 2.10. The molecule has 1 aromatic heterocycles. The lowest BCUT2D eigenvalue weighted by atomic mass is 10.1. The van der Waals surface area contributed by atoms with Crippen LogP contribution in [0.2, 0.25) is 0 Å². The van der Waals surface area contributed by atoms with Crippen molar-refractivity contribution in [2.24, 2.45) is 0 Å². The van der Waals surface area contributed by atoms with Crippen LogP contribution in [0.4, 0.5) is 0 Å². The van der Waals surface area contributed by atoms with Gasteiger partial charge in [-0.05, 0) is 42.3 Å². The highest BCUT2D eigenvalue weighted by atomic mass is 16.5. The highest BCUT2D eigenvalue weighted by molar-refractivity contribution is 6.01. The van der Waals surface area contributed by atoms with Crippen molar-refractivity contribution in [2.75, 3.05) is 7.11 Å². The molecule has 2 aromatic carbocycles. The zero-order valence-corrected chi connectivity index (χ0v) is 12.6. The van der Waals surface area contributed by atoms with Gasteiger partial charge >= 0.3 is 0 Å². The van der Waals surface area contributed by atoms with Crippen molar-refractivity contribution < 1.29 is 9.53 Å². The van der Waals surface area contributed by atoms with E-state index in [0.29, 0.717) is 0 Å². The van der Waals surface area contributed by atoms with Crippen molar-refractivity contribution in [1.82, 2.24) is 4.57 Å². The monoisotopic (exact) mass is 291 g/mol. The van der Waals surface area contributed by atoms with Gasteiger partial charge in [0.15, 0.2) is 0 Å². The van der Waals surface area contributed by atoms with Gasteiger partial charge in [0, 0.05) is 17.7 Å². The largest absolute Gasteiger partial charge is 0.497 e. The van der Waals surface area contributed by atoms with Gasteiger partial charge in [-0.25, -0.2) is 0 Å². The maximum absolute atomic E-state index is 12.4. The molecule has 0 N–H and O–H groups in total. The number of carbonyl (C=O) groups is 1. The van der Waals surface area contributed by atoms with Gasteiger partial charge in [0.2, 0.25) is 0 Å². The second kappa shape index (κ2) is 5.90. The molecule has 3 heteroatoms. The summed E-state index contributed by atoms with van der Waals surface area (Å²) in [5, 5.41) is 0.998. The van der Waals surface area contributed by atoms with Crippen LogP contribution in [0, 0.1) is 6.92 Å². The Morgan fingerprint density at radius 3 is 2.64 bits per heavy atom. The number of hydrogen-bond donors (Lipinski definition) is 0. The molecule has 0 fully saturated rings. The minimum absolute atomic E-state index is 0.0629. The Bertz CT molecular complexity index is 845. The predicted molar refractivity (Wildman–Crippen MR) is 89.3 cm³/mol. The summed E-state index contributed by atoms with van der Waals surface area (Å²) >= 11 is 0. The fourth-order valence-electron chi connectivity index (χ4n) is 2.57. The minimum Gasteiger partial charge on any atom is -0.497 e. The van der Waals surface area contributed by atoms with Crippen LogP contribution < -0.4 is 4.74 Å². The van der Waals surface area contributed by atoms with E-state index in [2.05, 4.69) is 0 Å². The quantitative estimate of drug-likeness (QED) is 0.673. The van der Waals surface area contributed by atoms with E-state index < -0.39 is 0 Å². The van der Waals surface area contributed by atoms with Crippen molar-refractivity contribution in [3.05, 3.63) is 71.9 Å². The zero-order valence-electron chi connectivity index (χ0n) is 12.6. The van der Waals surface area contributed by atoms with E-state index >= 15 is 0 Å². The summed E-state index contributed by atoms with van der Waals surface area (Å²) in [6, 6.07) is 15.6. The third-order valence-corrected chi connectivity index (χ3v) is 3.64. The van der Waals surface area contributed by atoms with Crippen molar-refractivity contribution in [2.45, 2.75) is 6.92 Å². The van der Waals surface area contributed by atoms with Crippen LogP contribution in [-0.2, 0) is 0 Å². The van der Waals surface area contributed by atoms with Gasteiger partial charge in [0.1, 0.15) is 5.75 Å². The van der Waals surface area contributed by atoms with Gasteiger partial charge in [0.05, 0.1) is 12.6 Å². The Morgan fingerprint density at radius 2 is 1.91 bits per heavy atom. The standard InChI is InChI=1S/C19H17NO2/c1-14-12-17(22-2)13-16-10-11-20(19(14)16)18(21)9-8-15-6-4-3-5-7-15/h3-13H,1-2H3/b9-8+. The van der Waals surface area contributed by atoms with Gasteiger partial charge in [-0.3, -0.25) is 9.36 Å². The molecule has 0 amide bonds. The summed E-state index contributed by atoms with van der Waals surface area (Å²) in [7, 11) is 1.64. The Hall–Kier alpha value is -2.81. The molecule has 3 nitrogen and oxygen atoms in total. The summed E-state index contributed by atoms with van der Waals surface area (Å²) in [4.78, 5) is 12.4. The molecule has 1 heterocycles. The van der Waals surface area contributed by atoms with Crippen LogP contribution in [-0.4, -0.2) is 17.6 Å². The third-order valence-electron chi connectivity index (χ3n) is 3.64. The lowest BCUT2D eigenvalue weighted by Crippen LogP contribution is -2.06. The first-order valence-corrected chi connectivity index (χ1v) is 7.12. The molecule has 0 bridgehead atoms. The van der Waals surface area contributed by atoms with Crippen molar-refractivity contribution >= 4 is 22.9 Å². The molecule has 0 aliphatic carbocycles. The van der Waals surface area contributed by atoms with Crippen LogP contribution >= 0.6 is 0 Å². The number of methoxy groups -OCH3 is 1.